The summed E-state index contributed by atoms with van der Waals surface area (Å²) in [4.78, 5) is 21.2. The number of hydrogen-bond acceptors (Lipinski definition) is 5. The summed E-state index contributed by atoms with van der Waals surface area (Å²) in [6.45, 7) is 14.2. The van der Waals surface area contributed by atoms with Crippen LogP contribution in [0.4, 0.5) is 4.79 Å². The average molecular weight is 364 g/mol. The number of hydrogen-bond donors (Lipinski definition) is 0. The monoisotopic (exact) mass is 363 g/mol. The van der Waals surface area contributed by atoms with E-state index in [0.29, 0.717) is 6.61 Å². The first-order valence-electron chi connectivity index (χ1n) is 9.81. The van der Waals surface area contributed by atoms with Crippen LogP contribution in [0.5, 0.6) is 0 Å². The SMILES string of the molecule is CCn1ncnc1CN1CCC[C@@]2(CCN(C(=O)OCC(C)(C)C)C2)C1. The van der Waals surface area contributed by atoms with E-state index < -0.39 is 0 Å². The molecule has 2 saturated heterocycles. The van der Waals surface area contributed by atoms with Gasteiger partial charge >= 0.3 is 6.09 Å². The summed E-state index contributed by atoms with van der Waals surface area (Å²) in [7, 11) is 0. The molecule has 1 aromatic rings. The van der Waals surface area contributed by atoms with Crippen molar-refractivity contribution >= 4 is 6.09 Å². The summed E-state index contributed by atoms with van der Waals surface area (Å²) in [5, 5.41) is 4.27. The second kappa shape index (κ2) is 7.55. The molecule has 1 spiro atoms. The van der Waals surface area contributed by atoms with E-state index in [1.165, 1.54) is 12.8 Å². The molecule has 2 fully saturated rings. The van der Waals surface area contributed by atoms with Crippen molar-refractivity contribution in [3.8, 4) is 0 Å². The third-order valence-electron chi connectivity index (χ3n) is 5.43. The number of nitrogens with zero attached hydrogens (tertiary/aromatic N) is 5. The molecule has 7 heteroatoms. The van der Waals surface area contributed by atoms with E-state index >= 15 is 0 Å². The lowest BCUT2D eigenvalue weighted by Gasteiger charge is -2.40. The van der Waals surface area contributed by atoms with E-state index in [1.54, 1.807) is 6.33 Å². The molecule has 7 nitrogen and oxygen atoms in total. The summed E-state index contributed by atoms with van der Waals surface area (Å²) in [5.74, 6) is 1.03. The minimum Gasteiger partial charge on any atom is -0.449 e. The van der Waals surface area contributed by atoms with Gasteiger partial charge in [-0.05, 0) is 38.1 Å². The molecule has 1 aromatic heterocycles. The third kappa shape index (κ3) is 4.55. The Morgan fingerprint density at radius 3 is 2.81 bits per heavy atom. The highest BCUT2D eigenvalue weighted by atomic mass is 16.6. The van der Waals surface area contributed by atoms with Crippen LogP contribution in [0.1, 0.15) is 52.8 Å². The molecule has 3 rings (SSSR count). The molecular formula is C19H33N5O2. The lowest BCUT2D eigenvalue weighted by Crippen LogP contribution is -2.45. The number of carbonyl (C=O) groups is 1. The van der Waals surface area contributed by atoms with Gasteiger partial charge in [0.2, 0.25) is 0 Å². The average Bonchev–Trinajstić information content (AvgIpc) is 3.19. The summed E-state index contributed by atoms with van der Waals surface area (Å²) in [6, 6.07) is 0. The van der Waals surface area contributed by atoms with E-state index in [2.05, 4.69) is 42.7 Å². The van der Waals surface area contributed by atoms with Gasteiger partial charge in [0.15, 0.2) is 0 Å². The van der Waals surface area contributed by atoms with Gasteiger partial charge in [-0.15, -0.1) is 0 Å². The highest BCUT2D eigenvalue weighted by Crippen LogP contribution is 2.39. The Hall–Kier alpha value is -1.63. The molecule has 0 unspecified atom stereocenters. The molecule has 0 aliphatic carbocycles. The zero-order valence-corrected chi connectivity index (χ0v) is 16.7. The third-order valence-corrected chi connectivity index (χ3v) is 5.43. The number of ether oxygens (including phenoxy) is 1. The first kappa shape index (κ1) is 19.1. The second-order valence-electron chi connectivity index (χ2n) is 9.09. The van der Waals surface area contributed by atoms with Crippen molar-refractivity contribution in [3.05, 3.63) is 12.2 Å². The van der Waals surface area contributed by atoms with Crippen LogP contribution in [0.2, 0.25) is 0 Å². The van der Waals surface area contributed by atoms with Gasteiger partial charge in [-0.2, -0.15) is 5.10 Å². The Labute approximate surface area is 156 Å². The molecule has 2 aliphatic rings. The standard InChI is InChI=1S/C19H33N5O2/c1-5-24-16(20-15-21-24)11-22-9-6-7-19(12-22)8-10-23(13-19)17(25)26-14-18(2,3)4/h15H,5-14H2,1-4H3/t19-/m1/s1. The second-order valence-corrected chi connectivity index (χ2v) is 9.09. The van der Waals surface area contributed by atoms with Crippen molar-refractivity contribution in [2.75, 3.05) is 32.8 Å². The fourth-order valence-corrected chi connectivity index (χ4v) is 4.11. The summed E-state index contributed by atoms with van der Waals surface area (Å²) >= 11 is 0. The lowest BCUT2D eigenvalue weighted by atomic mass is 9.79. The Balaban J connectivity index is 1.56. The van der Waals surface area contributed by atoms with Crippen molar-refractivity contribution in [2.24, 2.45) is 10.8 Å². The quantitative estimate of drug-likeness (QED) is 0.823. The maximum atomic E-state index is 12.4. The Kier molecular flexibility index (Phi) is 5.55. The fourth-order valence-electron chi connectivity index (χ4n) is 4.11. The molecule has 0 bridgehead atoms. The predicted molar refractivity (Wildman–Crippen MR) is 99.6 cm³/mol. The number of aromatic nitrogens is 3. The van der Waals surface area contributed by atoms with E-state index in [0.717, 1.165) is 51.5 Å². The summed E-state index contributed by atoms with van der Waals surface area (Å²) < 4.78 is 7.48. The molecule has 1 amide bonds. The number of rotatable bonds is 4. The van der Waals surface area contributed by atoms with Crippen LogP contribution in [-0.2, 0) is 17.8 Å². The smallest absolute Gasteiger partial charge is 0.409 e. The molecule has 1 atom stereocenters. The maximum Gasteiger partial charge on any atom is 0.409 e. The predicted octanol–water partition coefficient (Wildman–Crippen LogP) is 2.77. The zero-order chi connectivity index (χ0) is 18.8. The van der Waals surface area contributed by atoms with Gasteiger partial charge in [0, 0.05) is 31.6 Å². The zero-order valence-electron chi connectivity index (χ0n) is 16.7. The molecule has 2 aliphatic heterocycles. The summed E-state index contributed by atoms with van der Waals surface area (Å²) in [5.41, 5.74) is 0.208. The van der Waals surface area contributed by atoms with Crippen molar-refractivity contribution in [1.29, 1.82) is 0 Å². The minimum atomic E-state index is -0.153. The highest BCUT2D eigenvalue weighted by molar-refractivity contribution is 5.68. The number of piperidine rings is 1. The number of likely N-dealkylation sites (tertiary alicyclic amines) is 2. The highest BCUT2D eigenvalue weighted by Gasteiger charge is 2.43. The molecule has 0 saturated carbocycles. The largest absolute Gasteiger partial charge is 0.449 e. The van der Waals surface area contributed by atoms with Crippen molar-refractivity contribution in [2.45, 2.75) is 60.0 Å². The first-order valence-corrected chi connectivity index (χ1v) is 9.81. The van der Waals surface area contributed by atoms with Crippen LogP contribution >= 0.6 is 0 Å². The van der Waals surface area contributed by atoms with Crippen molar-refractivity contribution in [1.82, 2.24) is 24.6 Å². The van der Waals surface area contributed by atoms with Crippen LogP contribution in [0.3, 0.4) is 0 Å². The first-order chi connectivity index (χ1) is 12.3. The van der Waals surface area contributed by atoms with E-state index in [1.807, 2.05) is 9.58 Å². The van der Waals surface area contributed by atoms with Crippen molar-refractivity contribution < 1.29 is 9.53 Å². The lowest BCUT2D eigenvalue weighted by molar-refractivity contribution is 0.0614. The molecule has 0 N–H and O–H groups in total. The van der Waals surface area contributed by atoms with Crippen LogP contribution in [-0.4, -0.2) is 63.4 Å². The molecule has 0 radical (unpaired) electrons. The van der Waals surface area contributed by atoms with Crippen LogP contribution < -0.4 is 0 Å². The van der Waals surface area contributed by atoms with Crippen LogP contribution in [0, 0.1) is 10.8 Å². The van der Waals surface area contributed by atoms with Crippen LogP contribution in [0.15, 0.2) is 6.33 Å². The summed E-state index contributed by atoms with van der Waals surface area (Å²) in [6.07, 6.45) is 4.91. The fraction of sp³-hybridized carbons (Fsp3) is 0.842. The molecular weight excluding hydrogens is 330 g/mol. The number of aryl methyl sites for hydroxylation is 1. The van der Waals surface area contributed by atoms with Gasteiger partial charge in [0.1, 0.15) is 12.2 Å². The van der Waals surface area contributed by atoms with Gasteiger partial charge in [-0.25, -0.2) is 14.5 Å². The van der Waals surface area contributed by atoms with E-state index in [4.69, 9.17) is 4.74 Å². The minimum absolute atomic E-state index is 0.00391. The number of amides is 1. The normalized spacial score (nSPS) is 24.4. The van der Waals surface area contributed by atoms with Gasteiger partial charge in [0.25, 0.3) is 0 Å². The maximum absolute atomic E-state index is 12.4. The number of carbonyl (C=O) groups excluding carboxylic acids is 1. The van der Waals surface area contributed by atoms with Gasteiger partial charge in [-0.1, -0.05) is 20.8 Å². The van der Waals surface area contributed by atoms with Crippen LogP contribution in [0.25, 0.3) is 0 Å². The Morgan fingerprint density at radius 1 is 1.27 bits per heavy atom. The Bertz CT molecular complexity index is 624. The van der Waals surface area contributed by atoms with E-state index in [-0.39, 0.29) is 16.9 Å². The van der Waals surface area contributed by atoms with Crippen molar-refractivity contribution in [3.63, 3.8) is 0 Å². The molecule has 26 heavy (non-hydrogen) atoms. The van der Waals surface area contributed by atoms with E-state index in [9.17, 15) is 4.79 Å². The van der Waals surface area contributed by atoms with Gasteiger partial charge in [-0.3, -0.25) is 4.90 Å². The molecule has 0 aromatic carbocycles. The molecule has 146 valence electrons. The van der Waals surface area contributed by atoms with Gasteiger partial charge in [0.05, 0.1) is 13.2 Å². The Morgan fingerprint density at radius 2 is 2.08 bits per heavy atom. The van der Waals surface area contributed by atoms with Gasteiger partial charge < -0.3 is 9.64 Å². The topological polar surface area (TPSA) is 63.5 Å². The molecule has 3 heterocycles.